The van der Waals surface area contributed by atoms with Crippen LogP contribution in [-0.2, 0) is 17.1 Å². The number of nitrogens with zero attached hydrogens (tertiary/aromatic N) is 2. The first-order valence-corrected chi connectivity index (χ1v) is 12.4. The van der Waals surface area contributed by atoms with Crippen LogP contribution in [0, 0.1) is 17.1 Å². The van der Waals surface area contributed by atoms with Gasteiger partial charge >= 0.3 is 18.4 Å². The van der Waals surface area contributed by atoms with Gasteiger partial charge in [-0.2, -0.15) is 26.3 Å². The molecule has 222 valence electrons. The SMILES string of the molecule is CC1CCN(CCN/C=C(\C=N)c2cc(C(F)(F)F)cc(C(F)(F)F)c2OC(=O)N(C)c2ccc(F)cc2)C(=O)C1. The van der Waals surface area contributed by atoms with Gasteiger partial charge in [0.05, 0.1) is 11.1 Å². The Labute approximate surface area is 231 Å². The van der Waals surface area contributed by atoms with E-state index in [9.17, 15) is 40.3 Å². The third kappa shape index (κ3) is 7.98. The summed E-state index contributed by atoms with van der Waals surface area (Å²) < 4.78 is 101. The zero-order chi connectivity index (χ0) is 30.5. The maximum atomic E-state index is 14.0. The maximum Gasteiger partial charge on any atom is 0.420 e. The maximum absolute atomic E-state index is 14.0. The molecule has 1 atom stereocenters. The second kappa shape index (κ2) is 12.6. The molecule has 3 rings (SSSR count). The van der Waals surface area contributed by atoms with Crippen molar-refractivity contribution in [2.24, 2.45) is 5.92 Å². The predicted octanol–water partition coefficient (Wildman–Crippen LogP) is 6.34. The van der Waals surface area contributed by atoms with E-state index < -0.39 is 52.3 Å². The van der Waals surface area contributed by atoms with Crippen LogP contribution in [0.1, 0.15) is 36.5 Å². The van der Waals surface area contributed by atoms with Gasteiger partial charge < -0.3 is 20.4 Å². The molecule has 2 aromatic carbocycles. The fourth-order valence-electron chi connectivity index (χ4n) is 4.10. The highest BCUT2D eigenvalue weighted by atomic mass is 19.4. The van der Waals surface area contributed by atoms with Crippen LogP contribution in [0.15, 0.2) is 42.6 Å². The van der Waals surface area contributed by atoms with Crippen LogP contribution in [0.3, 0.4) is 0 Å². The first-order valence-electron chi connectivity index (χ1n) is 12.4. The van der Waals surface area contributed by atoms with Gasteiger partial charge in [-0.3, -0.25) is 9.69 Å². The van der Waals surface area contributed by atoms with Gasteiger partial charge in [0.2, 0.25) is 5.91 Å². The average Bonchev–Trinajstić information content (AvgIpc) is 2.88. The number of alkyl halides is 6. The van der Waals surface area contributed by atoms with Crippen LogP contribution in [0.4, 0.5) is 41.2 Å². The Hall–Kier alpha value is -4.10. The molecule has 0 bridgehead atoms. The topological polar surface area (TPSA) is 85.7 Å². The highest BCUT2D eigenvalue weighted by Gasteiger charge is 2.41. The van der Waals surface area contributed by atoms with Crippen molar-refractivity contribution in [3.05, 3.63) is 65.1 Å². The van der Waals surface area contributed by atoms with Crippen molar-refractivity contribution < 1.29 is 45.1 Å². The van der Waals surface area contributed by atoms with Gasteiger partial charge in [0.25, 0.3) is 0 Å². The molecule has 0 saturated carbocycles. The molecule has 0 aromatic heterocycles. The molecule has 0 radical (unpaired) electrons. The molecule has 2 amide bonds. The number of ether oxygens (including phenoxy) is 1. The second-order valence-corrected chi connectivity index (χ2v) is 9.48. The van der Waals surface area contributed by atoms with Gasteiger partial charge in [-0.25, -0.2) is 9.18 Å². The predicted molar refractivity (Wildman–Crippen MR) is 137 cm³/mol. The van der Waals surface area contributed by atoms with Crippen molar-refractivity contribution in [2.75, 3.05) is 31.6 Å². The van der Waals surface area contributed by atoms with Crippen LogP contribution >= 0.6 is 0 Å². The number of likely N-dealkylation sites (tertiary alicyclic amines) is 1. The number of hydrogen-bond acceptors (Lipinski definition) is 5. The van der Waals surface area contributed by atoms with E-state index in [4.69, 9.17) is 10.1 Å². The highest BCUT2D eigenvalue weighted by Crippen LogP contribution is 2.44. The average molecular weight is 589 g/mol. The molecule has 0 spiro atoms. The molecule has 1 saturated heterocycles. The molecular weight excluding hydrogens is 561 g/mol. The largest absolute Gasteiger partial charge is 0.420 e. The van der Waals surface area contributed by atoms with Crippen molar-refractivity contribution in [1.82, 2.24) is 10.2 Å². The van der Waals surface area contributed by atoms with Crippen LogP contribution in [-0.4, -0.2) is 49.8 Å². The summed E-state index contributed by atoms with van der Waals surface area (Å²) in [6.45, 7) is 2.75. The Morgan fingerprint density at radius 3 is 2.37 bits per heavy atom. The summed E-state index contributed by atoms with van der Waals surface area (Å²) in [5, 5.41) is 10.4. The fourth-order valence-corrected chi connectivity index (χ4v) is 4.10. The molecular formula is C27H27F7N4O3. The number of halogens is 7. The Bertz CT molecular complexity index is 1310. The molecule has 1 unspecified atom stereocenters. The Morgan fingerprint density at radius 2 is 1.80 bits per heavy atom. The minimum atomic E-state index is -5.38. The number of piperidine rings is 1. The van der Waals surface area contributed by atoms with E-state index >= 15 is 0 Å². The van der Waals surface area contributed by atoms with E-state index in [1.165, 1.54) is 0 Å². The van der Waals surface area contributed by atoms with Gasteiger partial charge in [-0.1, -0.05) is 6.92 Å². The molecule has 2 N–H and O–H groups in total. The number of carbonyl (C=O) groups excluding carboxylic acids is 2. The number of amides is 2. The molecule has 0 aliphatic carbocycles. The zero-order valence-corrected chi connectivity index (χ0v) is 22.0. The molecule has 1 aliphatic heterocycles. The van der Waals surface area contributed by atoms with Crippen LogP contribution in [0.25, 0.3) is 5.57 Å². The van der Waals surface area contributed by atoms with Gasteiger partial charge in [0.1, 0.15) is 5.82 Å². The molecule has 41 heavy (non-hydrogen) atoms. The summed E-state index contributed by atoms with van der Waals surface area (Å²) in [7, 11) is 1.12. The molecule has 1 heterocycles. The monoisotopic (exact) mass is 588 g/mol. The van der Waals surface area contributed by atoms with Crippen LogP contribution in [0.5, 0.6) is 5.75 Å². The van der Waals surface area contributed by atoms with Crippen LogP contribution in [0.2, 0.25) is 0 Å². The van der Waals surface area contributed by atoms with E-state index in [1.807, 2.05) is 6.92 Å². The Kier molecular flexibility index (Phi) is 9.66. The van der Waals surface area contributed by atoms with E-state index in [0.717, 1.165) is 48.8 Å². The van der Waals surface area contributed by atoms with E-state index in [1.54, 1.807) is 4.90 Å². The molecule has 14 heteroatoms. The molecule has 7 nitrogen and oxygen atoms in total. The summed E-state index contributed by atoms with van der Waals surface area (Å²) in [6.07, 6.45) is -9.30. The zero-order valence-electron chi connectivity index (χ0n) is 22.0. The number of allylic oxidation sites excluding steroid dienone is 1. The summed E-state index contributed by atoms with van der Waals surface area (Å²) in [4.78, 5) is 27.3. The van der Waals surface area contributed by atoms with E-state index in [0.29, 0.717) is 25.2 Å². The summed E-state index contributed by atoms with van der Waals surface area (Å²) in [5.74, 6) is -1.73. The van der Waals surface area contributed by atoms with Gasteiger partial charge in [0.15, 0.2) is 5.75 Å². The minimum absolute atomic E-state index is 0.0320. The van der Waals surface area contributed by atoms with Gasteiger partial charge in [0, 0.05) is 62.3 Å². The Balaban J connectivity index is 1.99. The van der Waals surface area contributed by atoms with E-state index in [2.05, 4.69) is 5.32 Å². The van der Waals surface area contributed by atoms with Gasteiger partial charge in [-0.15, -0.1) is 0 Å². The van der Waals surface area contributed by atoms with E-state index in [-0.39, 0.29) is 36.7 Å². The first kappa shape index (κ1) is 31.4. The summed E-state index contributed by atoms with van der Waals surface area (Å²) in [5.41, 5.74) is -4.80. The molecule has 1 fully saturated rings. The molecule has 1 aliphatic rings. The third-order valence-corrected chi connectivity index (χ3v) is 6.42. The number of benzene rings is 2. The molecule has 2 aromatic rings. The quantitative estimate of drug-likeness (QED) is 0.214. The number of carbonyl (C=O) groups is 2. The van der Waals surface area contributed by atoms with Crippen molar-refractivity contribution >= 4 is 29.5 Å². The normalized spacial score (nSPS) is 16.4. The summed E-state index contributed by atoms with van der Waals surface area (Å²) >= 11 is 0. The minimum Gasteiger partial charge on any atom is -0.409 e. The lowest BCUT2D eigenvalue weighted by Gasteiger charge is -2.30. The third-order valence-electron chi connectivity index (χ3n) is 6.42. The first-order chi connectivity index (χ1) is 19.1. The lowest BCUT2D eigenvalue weighted by Crippen LogP contribution is -2.41. The van der Waals surface area contributed by atoms with Crippen LogP contribution < -0.4 is 15.0 Å². The standard InChI is InChI=1S/C27H27F7N4O3/c1-16-7-9-38(23(39)11-16)10-8-36-15-17(14-35)21-12-18(26(29,30)31)13-22(27(32,33)34)24(21)41-25(40)37(2)20-5-3-19(28)4-6-20/h3-6,12-16,35-36H,7-11H2,1-2H3/b17-15+,35-14?. The van der Waals surface area contributed by atoms with Crippen molar-refractivity contribution in [3.63, 3.8) is 0 Å². The number of hydrogen-bond donors (Lipinski definition) is 2. The lowest BCUT2D eigenvalue weighted by molar-refractivity contribution is -0.143. The lowest BCUT2D eigenvalue weighted by atomic mass is 9.98. The number of rotatable bonds is 8. The highest BCUT2D eigenvalue weighted by molar-refractivity contribution is 6.10. The van der Waals surface area contributed by atoms with Crippen molar-refractivity contribution in [1.29, 1.82) is 5.41 Å². The fraction of sp³-hybridized carbons (Fsp3) is 0.370. The number of anilines is 1. The Morgan fingerprint density at radius 1 is 1.15 bits per heavy atom. The number of nitrogens with one attached hydrogen (secondary N) is 2. The van der Waals surface area contributed by atoms with Gasteiger partial charge in [-0.05, 0) is 48.7 Å². The smallest absolute Gasteiger partial charge is 0.409 e. The second-order valence-electron chi connectivity index (χ2n) is 9.48. The van der Waals surface area contributed by atoms with Crippen molar-refractivity contribution in [3.8, 4) is 5.75 Å². The van der Waals surface area contributed by atoms with Crippen molar-refractivity contribution in [2.45, 2.75) is 32.1 Å². The summed E-state index contributed by atoms with van der Waals surface area (Å²) in [6, 6.07) is 4.45.